The average Bonchev–Trinajstić information content (AvgIpc) is 2.55. The minimum Gasteiger partial charge on any atom is -0.333 e. The molecule has 4 nitrogen and oxygen atoms in total. The van der Waals surface area contributed by atoms with E-state index in [-0.39, 0.29) is 5.56 Å². The Bertz CT molecular complexity index is 834. The lowest BCUT2D eigenvalue weighted by Gasteiger charge is -2.16. The van der Waals surface area contributed by atoms with Crippen LogP contribution < -0.4 is 11.3 Å². The lowest BCUT2D eigenvalue weighted by molar-refractivity contribution is 0.783. The van der Waals surface area contributed by atoms with Gasteiger partial charge >= 0.3 is 0 Å². The molecule has 0 bridgehead atoms. The van der Waals surface area contributed by atoms with E-state index in [4.69, 9.17) is 11.6 Å². The molecule has 128 valence electrons. The van der Waals surface area contributed by atoms with Gasteiger partial charge in [-0.25, -0.2) is 4.98 Å². The Labute approximate surface area is 148 Å². The van der Waals surface area contributed by atoms with Crippen LogP contribution >= 0.6 is 11.6 Å². The van der Waals surface area contributed by atoms with Crippen LogP contribution in [-0.4, -0.2) is 16.6 Å². The number of aromatic nitrogens is 2. The maximum Gasteiger partial charge on any atom is 0.267 e. The molecule has 2 aromatic rings. The van der Waals surface area contributed by atoms with Crippen LogP contribution in [0.2, 0.25) is 5.02 Å². The van der Waals surface area contributed by atoms with Gasteiger partial charge in [-0.1, -0.05) is 43.8 Å². The highest BCUT2D eigenvalue weighted by Crippen LogP contribution is 2.22. The van der Waals surface area contributed by atoms with Gasteiger partial charge in [-0.2, -0.15) is 0 Å². The Morgan fingerprint density at radius 1 is 1.42 bits per heavy atom. The molecule has 0 aliphatic carbocycles. The fraction of sp³-hybridized carbons (Fsp3) is 0.263. The number of benzene rings is 1. The van der Waals surface area contributed by atoms with Crippen LogP contribution in [-0.2, 0) is 6.42 Å². The first-order valence-electron chi connectivity index (χ1n) is 7.78. The first-order chi connectivity index (χ1) is 11.5. The Morgan fingerprint density at radius 3 is 2.62 bits per heavy atom. The van der Waals surface area contributed by atoms with E-state index in [0.29, 0.717) is 33.9 Å². The zero-order chi connectivity index (χ0) is 18.3. The summed E-state index contributed by atoms with van der Waals surface area (Å²) >= 11 is 6.21. The minimum absolute atomic E-state index is 0.171. The van der Waals surface area contributed by atoms with Gasteiger partial charge in [0.05, 0.1) is 21.6 Å². The van der Waals surface area contributed by atoms with Crippen LogP contribution in [0.1, 0.15) is 26.1 Å². The van der Waals surface area contributed by atoms with Crippen molar-refractivity contribution < 1.29 is 0 Å². The average molecular weight is 346 g/mol. The van der Waals surface area contributed by atoms with Gasteiger partial charge in [0.1, 0.15) is 5.82 Å². The summed E-state index contributed by atoms with van der Waals surface area (Å²) in [6.07, 6.45) is 4.99. The summed E-state index contributed by atoms with van der Waals surface area (Å²) in [5, 5.41) is 0.840. The third-order valence-corrected chi connectivity index (χ3v) is 3.66. The normalized spacial score (nSPS) is 11.0. The van der Waals surface area contributed by atoms with Crippen LogP contribution in [0.25, 0.3) is 16.6 Å². The number of halogens is 1. The van der Waals surface area contributed by atoms with Crippen molar-refractivity contribution in [1.82, 2.24) is 9.55 Å². The molecule has 2 rings (SSSR count). The van der Waals surface area contributed by atoms with E-state index in [1.54, 1.807) is 28.9 Å². The molecule has 0 aliphatic heterocycles. The summed E-state index contributed by atoms with van der Waals surface area (Å²) in [4.78, 5) is 17.6. The van der Waals surface area contributed by atoms with Crippen LogP contribution in [0.15, 0.2) is 53.9 Å². The van der Waals surface area contributed by atoms with Crippen molar-refractivity contribution in [2.24, 2.45) is 5.73 Å². The van der Waals surface area contributed by atoms with Gasteiger partial charge in [0.2, 0.25) is 0 Å². The molecule has 0 aliphatic rings. The second-order valence-corrected chi connectivity index (χ2v) is 5.53. The monoisotopic (exact) mass is 345 g/mol. The summed E-state index contributed by atoms with van der Waals surface area (Å²) in [6, 6.07) is 5.31. The number of hydrogen-bond donors (Lipinski definition) is 1. The molecule has 0 fully saturated rings. The number of rotatable bonds is 5. The van der Waals surface area contributed by atoms with E-state index in [0.717, 1.165) is 12.0 Å². The second kappa shape index (κ2) is 9.21. The van der Waals surface area contributed by atoms with E-state index in [2.05, 4.69) is 30.8 Å². The van der Waals surface area contributed by atoms with Gasteiger partial charge in [0, 0.05) is 6.42 Å². The summed E-state index contributed by atoms with van der Waals surface area (Å²) < 4.78 is 1.60. The van der Waals surface area contributed by atoms with E-state index >= 15 is 0 Å². The van der Waals surface area contributed by atoms with Gasteiger partial charge in [-0.15, -0.1) is 0 Å². The number of fused-ring (bicyclic) bond motifs is 1. The molecule has 1 aromatic carbocycles. The molecule has 0 saturated heterocycles. The third-order valence-electron chi connectivity index (χ3n) is 3.34. The molecule has 24 heavy (non-hydrogen) atoms. The first-order valence-corrected chi connectivity index (χ1v) is 8.15. The smallest absolute Gasteiger partial charge is 0.267 e. The molecular weight excluding hydrogens is 322 g/mol. The molecule has 1 heterocycles. The highest BCUT2D eigenvalue weighted by Gasteiger charge is 2.16. The third kappa shape index (κ3) is 4.02. The van der Waals surface area contributed by atoms with Crippen LogP contribution in [0, 0.1) is 0 Å². The SMILES string of the molecule is C=C/C=C(\C(=C)C)n1c(CCC)nc2cccc(Cl)c2c1=O.CN. The largest absolute Gasteiger partial charge is 0.333 e. The van der Waals surface area contributed by atoms with E-state index in [1.165, 1.54) is 7.05 Å². The lowest BCUT2D eigenvalue weighted by atomic mass is 10.1. The van der Waals surface area contributed by atoms with Crippen molar-refractivity contribution in [3.63, 3.8) is 0 Å². The maximum absolute atomic E-state index is 13.0. The van der Waals surface area contributed by atoms with E-state index in [9.17, 15) is 4.79 Å². The quantitative estimate of drug-likeness (QED) is 0.827. The number of nitrogens with two attached hydrogens (primary N) is 1. The Morgan fingerprint density at radius 2 is 2.08 bits per heavy atom. The fourth-order valence-corrected chi connectivity index (χ4v) is 2.65. The van der Waals surface area contributed by atoms with E-state index in [1.807, 2.05) is 13.0 Å². The molecule has 1 aromatic heterocycles. The number of aryl methyl sites for hydroxylation is 1. The summed E-state index contributed by atoms with van der Waals surface area (Å²) in [6.45, 7) is 11.6. The van der Waals surface area contributed by atoms with Gasteiger partial charge in [-0.3, -0.25) is 9.36 Å². The van der Waals surface area contributed by atoms with Gasteiger partial charge in [0.25, 0.3) is 5.56 Å². The van der Waals surface area contributed by atoms with Crippen LogP contribution in [0.5, 0.6) is 0 Å². The molecule has 2 N–H and O–H groups in total. The molecule has 0 saturated carbocycles. The zero-order valence-electron chi connectivity index (χ0n) is 14.5. The van der Waals surface area contributed by atoms with Crippen molar-refractivity contribution in [2.45, 2.75) is 26.7 Å². The summed E-state index contributed by atoms with van der Waals surface area (Å²) in [5.74, 6) is 0.707. The number of allylic oxidation sites excluding steroid dienone is 4. The van der Waals surface area contributed by atoms with Gasteiger partial charge in [0.15, 0.2) is 0 Å². The highest BCUT2D eigenvalue weighted by atomic mass is 35.5. The molecule has 0 atom stereocenters. The summed E-state index contributed by atoms with van der Waals surface area (Å²) in [5.41, 5.74) is 6.41. The number of nitrogens with zero attached hydrogens (tertiary/aromatic N) is 2. The topological polar surface area (TPSA) is 60.9 Å². The van der Waals surface area contributed by atoms with Crippen molar-refractivity contribution in [3.8, 4) is 0 Å². The number of hydrogen-bond acceptors (Lipinski definition) is 3. The standard InChI is InChI=1S/C18H19ClN2O.CH5N/c1-5-8-15(12(3)4)21-16(9-6-2)20-14-11-7-10-13(19)17(14)18(21)22;1-2/h5,7-8,10-11H,1,3,6,9H2,2,4H3;2H2,1H3/b15-8+;. The molecule has 0 unspecified atom stereocenters. The molecule has 0 spiro atoms. The van der Waals surface area contributed by atoms with E-state index < -0.39 is 0 Å². The maximum atomic E-state index is 13.0. The van der Waals surface area contributed by atoms with Crippen molar-refractivity contribution in [1.29, 1.82) is 0 Å². The Kier molecular flexibility index (Phi) is 7.62. The Hall–Kier alpha value is -2.17. The van der Waals surface area contributed by atoms with Crippen molar-refractivity contribution >= 4 is 28.2 Å². The first kappa shape index (κ1) is 19.9. The predicted molar refractivity (Wildman–Crippen MR) is 104 cm³/mol. The predicted octanol–water partition coefficient (Wildman–Crippen LogP) is 4.18. The zero-order valence-corrected chi connectivity index (χ0v) is 15.2. The molecule has 0 amide bonds. The Balaban J connectivity index is 0.00000139. The van der Waals surface area contributed by atoms with Crippen LogP contribution in [0.3, 0.4) is 0 Å². The molecule has 0 radical (unpaired) electrons. The minimum atomic E-state index is -0.171. The van der Waals surface area contributed by atoms with Crippen molar-refractivity contribution in [3.05, 3.63) is 70.3 Å². The van der Waals surface area contributed by atoms with Gasteiger partial charge in [-0.05, 0) is 44.2 Å². The van der Waals surface area contributed by atoms with Crippen LogP contribution in [0.4, 0.5) is 0 Å². The van der Waals surface area contributed by atoms with Gasteiger partial charge < -0.3 is 5.73 Å². The summed E-state index contributed by atoms with van der Waals surface area (Å²) in [7, 11) is 1.50. The highest BCUT2D eigenvalue weighted by molar-refractivity contribution is 6.35. The fourth-order valence-electron chi connectivity index (χ4n) is 2.39. The molecule has 5 heteroatoms. The molecular formula is C19H24ClN3O. The second-order valence-electron chi connectivity index (χ2n) is 5.12. The van der Waals surface area contributed by atoms with Crippen molar-refractivity contribution in [2.75, 3.05) is 7.05 Å². The lowest BCUT2D eigenvalue weighted by Crippen LogP contribution is -2.25.